The Morgan fingerprint density at radius 1 is 1.42 bits per heavy atom. The molecule has 0 aliphatic carbocycles. The Hall–Kier alpha value is -1.81. The molecule has 0 atom stereocenters. The van der Waals surface area contributed by atoms with E-state index in [1.165, 1.54) is 11.3 Å². The van der Waals surface area contributed by atoms with Gasteiger partial charge in [-0.25, -0.2) is 4.79 Å². The Morgan fingerprint density at radius 3 is 2.89 bits per heavy atom. The van der Waals surface area contributed by atoms with Gasteiger partial charge in [-0.3, -0.25) is 4.90 Å². The molecule has 1 aliphatic rings. The van der Waals surface area contributed by atoms with Gasteiger partial charge in [0.15, 0.2) is 0 Å². The predicted molar refractivity (Wildman–Crippen MR) is 74.5 cm³/mol. The van der Waals surface area contributed by atoms with Gasteiger partial charge in [-0.1, -0.05) is 6.92 Å². The SMILES string of the molecule is CCN1CCc2c(c3cc(C(=O)O)ccc3n2C)C1. The first-order chi connectivity index (χ1) is 9.11. The smallest absolute Gasteiger partial charge is 0.335 e. The monoisotopic (exact) mass is 258 g/mol. The maximum atomic E-state index is 11.1. The normalized spacial score (nSPS) is 15.7. The van der Waals surface area contributed by atoms with Crippen LogP contribution < -0.4 is 0 Å². The number of hydrogen-bond donors (Lipinski definition) is 1. The molecule has 1 N–H and O–H groups in total. The van der Waals surface area contributed by atoms with Crippen molar-refractivity contribution in [2.75, 3.05) is 13.1 Å². The lowest BCUT2D eigenvalue weighted by Crippen LogP contribution is -2.30. The lowest BCUT2D eigenvalue weighted by molar-refractivity contribution is 0.0697. The van der Waals surface area contributed by atoms with E-state index in [4.69, 9.17) is 5.11 Å². The van der Waals surface area contributed by atoms with E-state index >= 15 is 0 Å². The molecule has 0 fully saturated rings. The van der Waals surface area contributed by atoms with Gasteiger partial charge in [0.2, 0.25) is 0 Å². The molecule has 2 aromatic rings. The molecule has 19 heavy (non-hydrogen) atoms. The van der Waals surface area contributed by atoms with Gasteiger partial charge in [-0.15, -0.1) is 0 Å². The van der Waals surface area contributed by atoms with Crippen LogP contribution in [0.15, 0.2) is 18.2 Å². The van der Waals surface area contributed by atoms with Crippen LogP contribution in [0.2, 0.25) is 0 Å². The number of benzene rings is 1. The maximum absolute atomic E-state index is 11.1. The maximum Gasteiger partial charge on any atom is 0.335 e. The molecule has 0 amide bonds. The number of carboxylic acids is 1. The second-order valence-corrected chi connectivity index (χ2v) is 5.14. The summed E-state index contributed by atoms with van der Waals surface area (Å²) in [5, 5.41) is 10.2. The molecule has 0 spiro atoms. The van der Waals surface area contributed by atoms with E-state index in [0.717, 1.165) is 37.0 Å². The number of nitrogens with zero attached hydrogens (tertiary/aromatic N) is 2. The molecular formula is C15H18N2O2. The van der Waals surface area contributed by atoms with Gasteiger partial charge >= 0.3 is 5.97 Å². The molecule has 0 saturated heterocycles. The minimum atomic E-state index is -0.859. The third-order valence-corrected chi connectivity index (χ3v) is 4.18. The second kappa shape index (κ2) is 4.38. The fraction of sp³-hybridized carbons (Fsp3) is 0.400. The zero-order valence-corrected chi connectivity index (χ0v) is 11.3. The molecule has 1 aromatic carbocycles. The first-order valence-corrected chi connectivity index (χ1v) is 6.67. The highest BCUT2D eigenvalue weighted by atomic mass is 16.4. The van der Waals surface area contributed by atoms with Gasteiger partial charge < -0.3 is 9.67 Å². The van der Waals surface area contributed by atoms with Crippen molar-refractivity contribution in [3.8, 4) is 0 Å². The Morgan fingerprint density at radius 2 is 2.21 bits per heavy atom. The van der Waals surface area contributed by atoms with Crippen molar-refractivity contribution in [3.63, 3.8) is 0 Å². The van der Waals surface area contributed by atoms with Crippen LogP contribution in [0, 0.1) is 0 Å². The summed E-state index contributed by atoms with van der Waals surface area (Å²) in [5.74, 6) is -0.859. The van der Waals surface area contributed by atoms with Crippen molar-refractivity contribution in [1.29, 1.82) is 0 Å². The molecule has 100 valence electrons. The van der Waals surface area contributed by atoms with Gasteiger partial charge in [0.1, 0.15) is 0 Å². The number of likely N-dealkylation sites (N-methyl/N-ethyl adjacent to an activating group) is 1. The average Bonchev–Trinajstić information content (AvgIpc) is 2.71. The number of hydrogen-bond acceptors (Lipinski definition) is 2. The molecule has 4 nitrogen and oxygen atoms in total. The van der Waals surface area contributed by atoms with E-state index < -0.39 is 5.97 Å². The summed E-state index contributed by atoms with van der Waals surface area (Å²) in [4.78, 5) is 13.5. The molecule has 0 saturated carbocycles. The molecule has 1 aromatic heterocycles. The van der Waals surface area contributed by atoms with E-state index in [1.54, 1.807) is 6.07 Å². The molecule has 1 aliphatic heterocycles. The number of carbonyl (C=O) groups is 1. The summed E-state index contributed by atoms with van der Waals surface area (Å²) in [7, 11) is 2.07. The summed E-state index contributed by atoms with van der Waals surface area (Å²) in [6, 6.07) is 5.43. The first-order valence-electron chi connectivity index (χ1n) is 6.67. The number of rotatable bonds is 2. The topological polar surface area (TPSA) is 45.5 Å². The fourth-order valence-corrected chi connectivity index (χ4v) is 3.04. The second-order valence-electron chi connectivity index (χ2n) is 5.14. The highest BCUT2D eigenvalue weighted by Crippen LogP contribution is 2.30. The van der Waals surface area contributed by atoms with Crippen molar-refractivity contribution in [2.45, 2.75) is 19.9 Å². The molecule has 4 heteroatoms. The number of carboxylic acid groups (broad SMARTS) is 1. The average molecular weight is 258 g/mol. The summed E-state index contributed by atoms with van der Waals surface area (Å²) in [5.41, 5.74) is 4.15. The predicted octanol–water partition coefficient (Wildman–Crippen LogP) is 2.25. The molecule has 3 rings (SSSR count). The molecule has 2 heterocycles. The first kappa shape index (κ1) is 12.2. The van der Waals surface area contributed by atoms with Crippen molar-refractivity contribution in [3.05, 3.63) is 35.0 Å². The van der Waals surface area contributed by atoms with Gasteiger partial charge in [0.25, 0.3) is 0 Å². The van der Waals surface area contributed by atoms with Gasteiger partial charge in [-0.2, -0.15) is 0 Å². The zero-order valence-electron chi connectivity index (χ0n) is 11.3. The van der Waals surface area contributed by atoms with Crippen molar-refractivity contribution in [1.82, 2.24) is 9.47 Å². The van der Waals surface area contributed by atoms with Crippen LogP contribution in [0.5, 0.6) is 0 Å². The highest BCUT2D eigenvalue weighted by Gasteiger charge is 2.22. The third kappa shape index (κ3) is 1.83. The zero-order chi connectivity index (χ0) is 13.6. The van der Waals surface area contributed by atoms with Crippen molar-refractivity contribution in [2.24, 2.45) is 7.05 Å². The third-order valence-electron chi connectivity index (χ3n) is 4.18. The Kier molecular flexibility index (Phi) is 2.82. The van der Waals surface area contributed by atoms with E-state index in [1.807, 2.05) is 12.1 Å². The van der Waals surface area contributed by atoms with Gasteiger partial charge in [0.05, 0.1) is 5.56 Å². The Bertz CT molecular complexity index is 658. The van der Waals surface area contributed by atoms with Crippen LogP contribution in [-0.2, 0) is 20.0 Å². The Labute approximate surface area is 112 Å². The van der Waals surface area contributed by atoms with Crippen molar-refractivity contribution >= 4 is 16.9 Å². The van der Waals surface area contributed by atoms with Crippen LogP contribution in [0.3, 0.4) is 0 Å². The van der Waals surface area contributed by atoms with E-state index in [2.05, 4.69) is 23.4 Å². The number of aromatic carboxylic acids is 1. The number of fused-ring (bicyclic) bond motifs is 3. The van der Waals surface area contributed by atoms with E-state index in [9.17, 15) is 4.79 Å². The number of aromatic nitrogens is 1. The summed E-state index contributed by atoms with van der Waals surface area (Å²) in [6.45, 7) is 5.21. The highest BCUT2D eigenvalue weighted by molar-refractivity contribution is 5.95. The van der Waals surface area contributed by atoms with E-state index in [0.29, 0.717) is 5.56 Å². The van der Waals surface area contributed by atoms with Crippen LogP contribution in [-0.4, -0.2) is 33.6 Å². The molecule has 0 radical (unpaired) electrons. The molecular weight excluding hydrogens is 240 g/mol. The molecule has 0 bridgehead atoms. The minimum Gasteiger partial charge on any atom is -0.478 e. The Balaban J connectivity index is 2.21. The molecule has 0 unspecified atom stereocenters. The summed E-state index contributed by atoms with van der Waals surface area (Å²) in [6.07, 6.45) is 1.04. The largest absolute Gasteiger partial charge is 0.478 e. The van der Waals surface area contributed by atoms with Crippen LogP contribution in [0.25, 0.3) is 10.9 Å². The van der Waals surface area contributed by atoms with Crippen LogP contribution in [0.4, 0.5) is 0 Å². The lowest BCUT2D eigenvalue weighted by atomic mass is 10.0. The standard InChI is InChI=1S/C15H18N2O2/c1-3-17-7-6-14-12(9-17)11-8-10(15(18)19)4-5-13(11)16(14)2/h4-5,8H,3,6-7,9H2,1-2H3,(H,18,19). The van der Waals surface area contributed by atoms with Gasteiger partial charge in [0, 0.05) is 43.2 Å². The minimum absolute atomic E-state index is 0.370. The van der Waals surface area contributed by atoms with E-state index in [-0.39, 0.29) is 0 Å². The lowest BCUT2D eigenvalue weighted by Gasteiger charge is -2.26. The van der Waals surface area contributed by atoms with Gasteiger partial charge in [-0.05, 0) is 30.3 Å². The van der Waals surface area contributed by atoms with Crippen LogP contribution in [0.1, 0.15) is 28.5 Å². The fourth-order valence-electron chi connectivity index (χ4n) is 3.04. The summed E-state index contributed by atoms with van der Waals surface area (Å²) < 4.78 is 2.21. The quantitative estimate of drug-likeness (QED) is 0.898. The number of aryl methyl sites for hydroxylation is 1. The van der Waals surface area contributed by atoms with Crippen LogP contribution >= 0.6 is 0 Å². The van der Waals surface area contributed by atoms with Crippen molar-refractivity contribution < 1.29 is 9.90 Å². The summed E-state index contributed by atoms with van der Waals surface area (Å²) >= 11 is 0.